The molecule has 2 atom stereocenters. The Bertz CT molecular complexity index is 457. The highest BCUT2D eigenvalue weighted by molar-refractivity contribution is 5.86. The number of carbonyl (C=O) groups excluding carboxylic acids is 1. The lowest BCUT2D eigenvalue weighted by Gasteiger charge is -2.41. The van der Waals surface area contributed by atoms with Crippen molar-refractivity contribution >= 4 is 11.9 Å². The lowest BCUT2D eigenvalue weighted by molar-refractivity contribution is -0.160. The Kier molecular flexibility index (Phi) is 3.05. The van der Waals surface area contributed by atoms with Crippen LogP contribution < -0.4 is 0 Å². The summed E-state index contributed by atoms with van der Waals surface area (Å²) in [6.45, 7) is 0.895. The van der Waals surface area contributed by atoms with Crippen molar-refractivity contribution in [3.05, 3.63) is 0 Å². The smallest absolute Gasteiger partial charge is 0.310 e. The summed E-state index contributed by atoms with van der Waals surface area (Å²) in [6, 6.07) is 0.402. The highest BCUT2D eigenvalue weighted by Gasteiger charge is 2.49. The highest BCUT2D eigenvalue weighted by Crippen LogP contribution is 2.49. The Morgan fingerprint density at radius 2 is 1.62 bits per heavy atom. The maximum Gasteiger partial charge on any atom is 0.310 e. The average molecular weight is 291 g/mol. The fraction of sp³-hybridized carbons (Fsp3) is 0.882. The SMILES string of the molecule is O=C(CC1(C(=O)O)CCC1)N1CC2CC3CC(C2)CC1C3. The molecule has 1 N–H and O–H groups in total. The first-order chi connectivity index (χ1) is 10.1. The summed E-state index contributed by atoms with van der Waals surface area (Å²) in [6.07, 6.45) is 8.84. The van der Waals surface area contributed by atoms with Crippen molar-refractivity contribution in [2.24, 2.45) is 23.2 Å². The first-order valence-electron chi connectivity index (χ1n) is 8.58. The van der Waals surface area contributed by atoms with E-state index < -0.39 is 11.4 Å². The van der Waals surface area contributed by atoms with Gasteiger partial charge in [0.25, 0.3) is 0 Å². The first kappa shape index (κ1) is 13.6. The van der Waals surface area contributed by atoms with Gasteiger partial charge >= 0.3 is 5.97 Å². The van der Waals surface area contributed by atoms with Crippen molar-refractivity contribution in [1.82, 2.24) is 4.90 Å². The number of hydrogen-bond donors (Lipinski definition) is 1. The Morgan fingerprint density at radius 1 is 1.00 bits per heavy atom. The van der Waals surface area contributed by atoms with Gasteiger partial charge in [0.15, 0.2) is 0 Å². The van der Waals surface area contributed by atoms with Crippen molar-refractivity contribution in [3.63, 3.8) is 0 Å². The van der Waals surface area contributed by atoms with Crippen molar-refractivity contribution in [2.45, 2.75) is 63.8 Å². The maximum absolute atomic E-state index is 12.8. The minimum Gasteiger partial charge on any atom is -0.481 e. The molecular formula is C17H25NO3. The average Bonchev–Trinajstić information content (AvgIpc) is 2.57. The van der Waals surface area contributed by atoms with E-state index >= 15 is 0 Å². The molecule has 5 rings (SSSR count). The van der Waals surface area contributed by atoms with Crippen LogP contribution in [0, 0.1) is 23.2 Å². The van der Waals surface area contributed by atoms with Crippen LogP contribution in [-0.2, 0) is 9.59 Å². The van der Waals surface area contributed by atoms with E-state index in [4.69, 9.17) is 0 Å². The van der Waals surface area contributed by atoms with Gasteiger partial charge in [0.2, 0.25) is 5.91 Å². The molecule has 2 heterocycles. The van der Waals surface area contributed by atoms with Crippen LogP contribution in [0.1, 0.15) is 57.8 Å². The molecule has 5 fully saturated rings. The third-order valence-corrected chi connectivity index (χ3v) is 6.68. The molecule has 2 unspecified atom stereocenters. The molecule has 4 heteroatoms. The zero-order chi connectivity index (χ0) is 14.6. The number of rotatable bonds is 3. The zero-order valence-corrected chi connectivity index (χ0v) is 12.6. The summed E-state index contributed by atoms with van der Waals surface area (Å²) < 4.78 is 0. The third kappa shape index (κ3) is 2.18. The number of carboxylic acid groups (broad SMARTS) is 1. The fourth-order valence-electron chi connectivity index (χ4n) is 5.55. The quantitative estimate of drug-likeness (QED) is 0.869. The second-order valence-electron chi connectivity index (χ2n) is 8.09. The van der Waals surface area contributed by atoms with Crippen LogP contribution in [0.4, 0.5) is 0 Å². The molecule has 5 aliphatic rings. The normalized spacial score (nSPS) is 39.7. The molecule has 0 spiro atoms. The predicted octanol–water partition coefficient (Wildman–Crippen LogP) is 2.67. The van der Waals surface area contributed by atoms with Gasteiger partial charge in [-0.1, -0.05) is 6.42 Å². The van der Waals surface area contributed by atoms with Gasteiger partial charge in [-0.25, -0.2) is 0 Å². The van der Waals surface area contributed by atoms with E-state index in [0.29, 0.717) is 24.8 Å². The van der Waals surface area contributed by atoms with Crippen LogP contribution in [0.25, 0.3) is 0 Å². The van der Waals surface area contributed by atoms with Crippen LogP contribution in [0.3, 0.4) is 0 Å². The number of hydrogen-bond acceptors (Lipinski definition) is 2. The summed E-state index contributed by atoms with van der Waals surface area (Å²) in [5, 5.41) is 9.45. The lowest BCUT2D eigenvalue weighted by atomic mass is 9.66. The number of fused-ring (bicyclic) bond motifs is 1. The molecule has 0 aromatic rings. The third-order valence-electron chi connectivity index (χ3n) is 6.68. The Balaban J connectivity index is 1.50. The van der Waals surface area contributed by atoms with E-state index in [1.54, 1.807) is 0 Å². The molecule has 3 aliphatic carbocycles. The van der Waals surface area contributed by atoms with E-state index in [1.807, 2.05) is 0 Å². The van der Waals surface area contributed by atoms with E-state index in [1.165, 1.54) is 32.1 Å². The number of carboxylic acids is 1. The van der Waals surface area contributed by atoms with Crippen LogP contribution >= 0.6 is 0 Å². The van der Waals surface area contributed by atoms with E-state index in [9.17, 15) is 14.7 Å². The van der Waals surface area contributed by atoms with Crippen molar-refractivity contribution in [2.75, 3.05) is 6.54 Å². The molecule has 116 valence electrons. The van der Waals surface area contributed by atoms with Crippen molar-refractivity contribution in [1.29, 1.82) is 0 Å². The van der Waals surface area contributed by atoms with E-state index in [0.717, 1.165) is 24.8 Å². The Labute approximate surface area is 125 Å². The Morgan fingerprint density at radius 3 is 2.14 bits per heavy atom. The molecule has 2 aliphatic heterocycles. The molecule has 1 amide bonds. The van der Waals surface area contributed by atoms with Crippen LogP contribution in [-0.4, -0.2) is 34.5 Å². The first-order valence-corrected chi connectivity index (χ1v) is 8.58. The van der Waals surface area contributed by atoms with Gasteiger partial charge in [-0.05, 0) is 62.7 Å². The maximum atomic E-state index is 12.8. The number of carbonyl (C=O) groups is 2. The van der Waals surface area contributed by atoms with E-state index in [2.05, 4.69) is 4.90 Å². The molecule has 2 saturated heterocycles. The zero-order valence-electron chi connectivity index (χ0n) is 12.6. The molecule has 3 saturated carbocycles. The molecule has 4 nitrogen and oxygen atoms in total. The largest absolute Gasteiger partial charge is 0.481 e. The minimum atomic E-state index is -0.761. The predicted molar refractivity (Wildman–Crippen MR) is 77.6 cm³/mol. The minimum absolute atomic E-state index is 0.121. The summed E-state index contributed by atoms with van der Waals surface area (Å²) in [5.74, 6) is 1.68. The summed E-state index contributed by atoms with van der Waals surface area (Å²) in [5.41, 5.74) is -0.736. The standard InChI is InChI=1S/C17H25NO3/c19-15(9-17(16(20)21)2-1-3-17)18-10-13-5-11-4-12(6-13)8-14(18)7-11/h11-14H,1-10H2,(H,20,21). The van der Waals surface area contributed by atoms with E-state index in [-0.39, 0.29) is 12.3 Å². The summed E-state index contributed by atoms with van der Waals surface area (Å²) >= 11 is 0. The fourth-order valence-corrected chi connectivity index (χ4v) is 5.55. The van der Waals surface area contributed by atoms with Crippen molar-refractivity contribution in [3.8, 4) is 0 Å². The number of aliphatic carboxylic acids is 1. The summed E-state index contributed by atoms with van der Waals surface area (Å²) in [7, 11) is 0. The number of amides is 1. The summed E-state index contributed by atoms with van der Waals surface area (Å²) in [4.78, 5) is 26.4. The van der Waals surface area contributed by atoms with Gasteiger partial charge in [-0.2, -0.15) is 0 Å². The van der Waals surface area contributed by atoms with Gasteiger partial charge in [-0.15, -0.1) is 0 Å². The van der Waals surface area contributed by atoms with Gasteiger partial charge in [0.05, 0.1) is 5.41 Å². The second kappa shape index (κ2) is 4.72. The molecule has 4 bridgehead atoms. The van der Waals surface area contributed by atoms with Gasteiger partial charge in [0.1, 0.15) is 0 Å². The number of nitrogens with zero attached hydrogens (tertiary/aromatic N) is 1. The molecule has 0 aromatic heterocycles. The Hall–Kier alpha value is -1.06. The van der Waals surface area contributed by atoms with Crippen molar-refractivity contribution < 1.29 is 14.7 Å². The molecule has 21 heavy (non-hydrogen) atoms. The molecule has 0 radical (unpaired) electrons. The van der Waals surface area contributed by atoms with Gasteiger partial charge in [0, 0.05) is 19.0 Å². The van der Waals surface area contributed by atoms with Crippen LogP contribution in [0.15, 0.2) is 0 Å². The van der Waals surface area contributed by atoms with Gasteiger partial charge in [-0.3, -0.25) is 9.59 Å². The monoisotopic (exact) mass is 291 g/mol. The second-order valence-corrected chi connectivity index (χ2v) is 8.09. The lowest BCUT2D eigenvalue weighted by Crippen LogP contribution is -2.47. The molecule has 0 aromatic carbocycles. The molecular weight excluding hydrogens is 266 g/mol. The highest BCUT2D eigenvalue weighted by atomic mass is 16.4. The van der Waals surface area contributed by atoms with Crippen LogP contribution in [0.5, 0.6) is 0 Å². The van der Waals surface area contributed by atoms with Crippen LogP contribution in [0.2, 0.25) is 0 Å². The van der Waals surface area contributed by atoms with Gasteiger partial charge < -0.3 is 10.0 Å². The topological polar surface area (TPSA) is 57.6 Å².